The lowest BCUT2D eigenvalue weighted by Gasteiger charge is -1.99. The van der Waals surface area contributed by atoms with Gasteiger partial charge in [-0.2, -0.15) is 5.10 Å². The number of nitrogens with one attached hydrogen (secondary N) is 1. The zero-order valence-corrected chi connectivity index (χ0v) is 16.9. The van der Waals surface area contributed by atoms with E-state index in [1.54, 1.807) is 40.8 Å². The quantitative estimate of drug-likeness (QED) is 0.311. The molecule has 1 amide bonds. The highest BCUT2D eigenvalue weighted by molar-refractivity contribution is 8.01. The maximum absolute atomic E-state index is 12.0. The van der Waals surface area contributed by atoms with Gasteiger partial charge in [0.1, 0.15) is 0 Å². The molecule has 0 bridgehead atoms. The summed E-state index contributed by atoms with van der Waals surface area (Å²) in [5.74, 6) is 0.0392. The van der Waals surface area contributed by atoms with Crippen molar-refractivity contribution in [2.75, 3.05) is 5.75 Å². The lowest BCUT2D eigenvalue weighted by atomic mass is 10.2. The number of carbonyl (C=O) groups excluding carboxylic acids is 1. The van der Waals surface area contributed by atoms with Crippen LogP contribution >= 0.6 is 23.1 Å². The number of aromatic nitrogens is 3. The molecule has 0 radical (unpaired) electrons. The number of carbonyl (C=O) groups is 1. The normalized spacial score (nSPS) is 11.6. The number of rotatable bonds is 5. The van der Waals surface area contributed by atoms with Gasteiger partial charge in [0, 0.05) is 14.1 Å². The first-order valence-corrected chi connectivity index (χ1v) is 10.3. The van der Waals surface area contributed by atoms with Gasteiger partial charge < -0.3 is 0 Å². The fourth-order valence-electron chi connectivity index (χ4n) is 2.86. The average molecular weight is 412 g/mol. The summed E-state index contributed by atoms with van der Waals surface area (Å²) in [5, 5.41) is 4.01. The number of hydrogen-bond acceptors (Lipinski definition) is 6. The largest absolute Gasteiger partial charge is 0.328 e. The van der Waals surface area contributed by atoms with Crippen LogP contribution in [0.15, 0.2) is 56.7 Å². The molecule has 0 unspecified atom stereocenters. The summed E-state index contributed by atoms with van der Waals surface area (Å²) in [4.78, 5) is 28.5. The van der Waals surface area contributed by atoms with Crippen LogP contribution in [0.5, 0.6) is 0 Å². The topological polar surface area (TPSA) is 81.3 Å². The first-order valence-electron chi connectivity index (χ1n) is 8.48. The molecular weight excluding hydrogens is 394 g/mol. The minimum Gasteiger partial charge on any atom is -0.295 e. The van der Waals surface area contributed by atoms with E-state index < -0.39 is 0 Å². The van der Waals surface area contributed by atoms with Crippen molar-refractivity contribution in [3.63, 3.8) is 0 Å². The Morgan fingerprint density at radius 1 is 1.21 bits per heavy atom. The number of hydrazone groups is 1. The molecule has 4 rings (SSSR count). The summed E-state index contributed by atoms with van der Waals surface area (Å²) >= 11 is 2.96. The van der Waals surface area contributed by atoms with Gasteiger partial charge in [0.25, 0.3) is 5.91 Å². The second kappa shape index (κ2) is 7.61. The molecule has 0 aliphatic rings. The standard InChI is InChI=1S/C19H17N5O2S2/c1-23-14-8-7-12(9-15(14)24(2)19(23)26)10-20-22-17(25)11-27-18-21-13-5-3-4-6-16(13)28-18/h3-10H,11H2,1-2H3,(H,22,25)/b20-10+. The first-order chi connectivity index (χ1) is 13.5. The van der Waals surface area contributed by atoms with Crippen molar-refractivity contribution in [3.8, 4) is 0 Å². The van der Waals surface area contributed by atoms with Crippen LogP contribution in [0.3, 0.4) is 0 Å². The van der Waals surface area contributed by atoms with E-state index in [4.69, 9.17) is 0 Å². The van der Waals surface area contributed by atoms with Crippen LogP contribution < -0.4 is 11.1 Å². The molecular formula is C19H17N5O2S2. The molecule has 0 fully saturated rings. The van der Waals surface area contributed by atoms with Crippen LogP contribution in [0.1, 0.15) is 5.56 Å². The molecule has 28 heavy (non-hydrogen) atoms. The van der Waals surface area contributed by atoms with E-state index in [1.807, 2.05) is 42.5 Å². The van der Waals surface area contributed by atoms with Crippen LogP contribution in [0.4, 0.5) is 0 Å². The molecule has 4 aromatic rings. The number of para-hydroxylation sites is 1. The second-order valence-corrected chi connectivity index (χ2v) is 8.43. The maximum atomic E-state index is 12.0. The van der Waals surface area contributed by atoms with Gasteiger partial charge in [-0.05, 0) is 29.8 Å². The van der Waals surface area contributed by atoms with Gasteiger partial charge in [-0.1, -0.05) is 30.0 Å². The third kappa shape index (κ3) is 3.58. The zero-order valence-electron chi connectivity index (χ0n) is 15.2. The van der Waals surface area contributed by atoms with Gasteiger partial charge in [-0.15, -0.1) is 11.3 Å². The summed E-state index contributed by atoms with van der Waals surface area (Å²) in [6, 6.07) is 13.5. The number of nitrogens with zero attached hydrogens (tertiary/aromatic N) is 4. The number of thiazole rings is 1. The van der Waals surface area contributed by atoms with Gasteiger partial charge in [0.05, 0.1) is 33.2 Å². The number of fused-ring (bicyclic) bond motifs is 2. The molecule has 9 heteroatoms. The number of imidazole rings is 1. The van der Waals surface area contributed by atoms with E-state index in [1.165, 1.54) is 11.8 Å². The highest BCUT2D eigenvalue weighted by Crippen LogP contribution is 2.28. The smallest absolute Gasteiger partial charge is 0.295 e. The Morgan fingerprint density at radius 2 is 2.00 bits per heavy atom. The Hall–Kier alpha value is -2.91. The molecule has 2 heterocycles. The molecule has 0 atom stereocenters. The average Bonchev–Trinajstić information content (AvgIpc) is 3.21. The molecule has 0 saturated heterocycles. The molecule has 0 aliphatic heterocycles. The Balaban J connectivity index is 1.37. The predicted molar refractivity (Wildman–Crippen MR) is 114 cm³/mol. The van der Waals surface area contributed by atoms with Crippen LogP contribution in [-0.2, 0) is 18.9 Å². The summed E-state index contributed by atoms with van der Waals surface area (Å²) in [5.41, 5.74) is 5.85. The maximum Gasteiger partial charge on any atom is 0.328 e. The molecule has 1 N–H and O–H groups in total. The van der Waals surface area contributed by atoms with Crippen molar-refractivity contribution in [1.29, 1.82) is 0 Å². The zero-order chi connectivity index (χ0) is 19.7. The van der Waals surface area contributed by atoms with E-state index in [2.05, 4.69) is 15.5 Å². The van der Waals surface area contributed by atoms with Gasteiger partial charge in [-0.25, -0.2) is 15.2 Å². The number of aryl methyl sites for hydroxylation is 2. The number of thioether (sulfide) groups is 1. The summed E-state index contributed by atoms with van der Waals surface area (Å²) in [6.45, 7) is 0. The number of amides is 1. The lowest BCUT2D eigenvalue weighted by Crippen LogP contribution is -2.19. The Kier molecular flexibility index (Phi) is 5.01. The highest BCUT2D eigenvalue weighted by atomic mass is 32.2. The number of benzene rings is 2. The minimum absolute atomic E-state index is 0.0794. The molecule has 0 spiro atoms. The van der Waals surface area contributed by atoms with Crippen molar-refractivity contribution >= 4 is 56.5 Å². The first kappa shape index (κ1) is 18.5. The Bertz CT molecular complexity index is 1240. The van der Waals surface area contributed by atoms with Crippen LogP contribution in [0, 0.1) is 0 Å². The Morgan fingerprint density at radius 3 is 2.82 bits per heavy atom. The van der Waals surface area contributed by atoms with Crippen molar-refractivity contribution in [3.05, 3.63) is 58.5 Å². The molecule has 0 aliphatic carbocycles. The summed E-state index contributed by atoms with van der Waals surface area (Å²) < 4.78 is 5.14. The fourth-order valence-corrected chi connectivity index (χ4v) is 4.72. The van der Waals surface area contributed by atoms with Gasteiger partial charge >= 0.3 is 5.69 Å². The van der Waals surface area contributed by atoms with Gasteiger partial charge in [0.15, 0.2) is 4.34 Å². The van der Waals surface area contributed by atoms with Crippen LogP contribution in [0.25, 0.3) is 21.3 Å². The summed E-state index contributed by atoms with van der Waals surface area (Å²) in [6.07, 6.45) is 1.57. The van der Waals surface area contributed by atoms with Crippen molar-refractivity contribution in [2.24, 2.45) is 19.2 Å². The number of hydrogen-bond donors (Lipinski definition) is 1. The lowest BCUT2D eigenvalue weighted by molar-refractivity contribution is -0.118. The van der Waals surface area contributed by atoms with E-state index in [9.17, 15) is 9.59 Å². The predicted octanol–water partition coefficient (Wildman–Crippen LogP) is 2.73. The van der Waals surface area contributed by atoms with E-state index in [0.29, 0.717) is 0 Å². The highest BCUT2D eigenvalue weighted by Gasteiger charge is 2.08. The second-order valence-electron chi connectivity index (χ2n) is 6.18. The SMILES string of the molecule is Cn1c(=O)n(C)c2cc(/C=N/NC(=O)CSc3nc4ccccc4s3)ccc21. The van der Waals surface area contributed by atoms with Crippen LogP contribution in [-0.4, -0.2) is 32.0 Å². The summed E-state index contributed by atoms with van der Waals surface area (Å²) in [7, 11) is 3.47. The molecule has 142 valence electrons. The monoisotopic (exact) mass is 411 g/mol. The third-order valence-corrected chi connectivity index (χ3v) is 6.48. The van der Waals surface area contributed by atoms with Crippen molar-refractivity contribution in [2.45, 2.75) is 4.34 Å². The minimum atomic E-state index is -0.200. The Labute approximate surface area is 168 Å². The molecule has 7 nitrogen and oxygen atoms in total. The van der Waals surface area contributed by atoms with Gasteiger partial charge in [0.2, 0.25) is 0 Å². The molecule has 2 aromatic carbocycles. The molecule has 0 saturated carbocycles. The van der Waals surface area contributed by atoms with Crippen molar-refractivity contribution < 1.29 is 4.79 Å². The van der Waals surface area contributed by atoms with Crippen LogP contribution in [0.2, 0.25) is 0 Å². The van der Waals surface area contributed by atoms with E-state index in [0.717, 1.165) is 31.2 Å². The van der Waals surface area contributed by atoms with Crippen molar-refractivity contribution in [1.82, 2.24) is 19.5 Å². The molecule has 2 aromatic heterocycles. The van der Waals surface area contributed by atoms with E-state index >= 15 is 0 Å². The fraction of sp³-hybridized carbons (Fsp3) is 0.158. The third-order valence-electron chi connectivity index (χ3n) is 4.30. The van der Waals surface area contributed by atoms with Gasteiger partial charge in [-0.3, -0.25) is 13.9 Å². The van der Waals surface area contributed by atoms with E-state index in [-0.39, 0.29) is 17.3 Å².